The van der Waals surface area contributed by atoms with E-state index in [1.54, 1.807) is 29.3 Å². The maximum atomic E-state index is 13.3. The van der Waals surface area contributed by atoms with Crippen LogP contribution in [0.2, 0.25) is 0 Å². The molecule has 3 heterocycles. The van der Waals surface area contributed by atoms with Gasteiger partial charge in [0.1, 0.15) is 11.6 Å². The van der Waals surface area contributed by atoms with Crippen LogP contribution >= 0.6 is 0 Å². The summed E-state index contributed by atoms with van der Waals surface area (Å²) in [6.45, 7) is 4.46. The summed E-state index contributed by atoms with van der Waals surface area (Å²) < 4.78 is 20.6. The quantitative estimate of drug-likeness (QED) is 0.636. The predicted octanol–water partition coefficient (Wildman–Crippen LogP) is 4.12. The average Bonchev–Trinajstić information content (AvgIpc) is 3.45. The number of carbonyl (C=O) groups excluding carboxylic acids is 1. The van der Waals surface area contributed by atoms with Crippen molar-refractivity contribution in [2.24, 2.45) is 0 Å². The van der Waals surface area contributed by atoms with E-state index in [1.807, 2.05) is 19.1 Å². The van der Waals surface area contributed by atoms with Crippen molar-refractivity contribution in [3.05, 3.63) is 71.7 Å². The number of hydrogen-bond donors (Lipinski definition) is 1. The van der Waals surface area contributed by atoms with Gasteiger partial charge in [-0.3, -0.25) is 9.69 Å². The van der Waals surface area contributed by atoms with Crippen molar-refractivity contribution in [3.8, 4) is 5.69 Å². The second kappa shape index (κ2) is 9.26. The molecule has 0 saturated carbocycles. The van der Waals surface area contributed by atoms with Crippen molar-refractivity contribution in [2.75, 3.05) is 19.6 Å². The molecule has 7 heteroatoms. The van der Waals surface area contributed by atoms with E-state index in [1.165, 1.54) is 18.6 Å². The topological polar surface area (TPSA) is 63.3 Å². The Balaban J connectivity index is 1.51. The van der Waals surface area contributed by atoms with Gasteiger partial charge in [0.2, 0.25) is 0 Å². The first-order valence-corrected chi connectivity index (χ1v) is 10.6. The van der Waals surface area contributed by atoms with Gasteiger partial charge in [0.05, 0.1) is 35.4 Å². The Kier molecular flexibility index (Phi) is 6.28. The number of carbonyl (C=O) groups is 1. The van der Waals surface area contributed by atoms with Gasteiger partial charge in [-0.1, -0.05) is 13.3 Å². The molecule has 1 aromatic carbocycles. The molecule has 1 atom stereocenters. The van der Waals surface area contributed by atoms with Gasteiger partial charge >= 0.3 is 0 Å². The number of aromatic nitrogens is 2. The molecule has 158 valence electrons. The molecule has 30 heavy (non-hydrogen) atoms. The van der Waals surface area contributed by atoms with Gasteiger partial charge in [0.25, 0.3) is 5.91 Å². The molecule has 0 spiro atoms. The molecule has 1 N–H and O–H groups in total. The van der Waals surface area contributed by atoms with Gasteiger partial charge < -0.3 is 9.73 Å². The maximum Gasteiger partial charge on any atom is 0.254 e. The van der Waals surface area contributed by atoms with E-state index in [9.17, 15) is 9.18 Å². The van der Waals surface area contributed by atoms with Gasteiger partial charge in [-0.2, -0.15) is 5.10 Å². The van der Waals surface area contributed by atoms with Gasteiger partial charge in [-0.05, 0) is 68.8 Å². The van der Waals surface area contributed by atoms with Crippen LogP contribution in [0.1, 0.15) is 54.0 Å². The summed E-state index contributed by atoms with van der Waals surface area (Å²) in [4.78, 5) is 15.4. The Morgan fingerprint density at radius 2 is 1.97 bits per heavy atom. The Hall–Kier alpha value is -2.93. The minimum absolute atomic E-state index is 0.0152. The van der Waals surface area contributed by atoms with Crippen LogP contribution in [-0.4, -0.2) is 40.2 Å². The first-order chi connectivity index (χ1) is 14.7. The maximum absolute atomic E-state index is 13.3. The van der Waals surface area contributed by atoms with Crippen molar-refractivity contribution in [1.29, 1.82) is 0 Å². The molecular formula is C23H27FN4O2. The summed E-state index contributed by atoms with van der Waals surface area (Å²) in [5.74, 6) is 0.410. The van der Waals surface area contributed by atoms with Crippen molar-refractivity contribution in [1.82, 2.24) is 20.0 Å². The van der Waals surface area contributed by atoms with Crippen LogP contribution in [0.3, 0.4) is 0 Å². The number of piperidine rings is 1. The van der Waals surface area contributed by atoms with E-state index in [0.717, 1.165) is 43.1 Å². The summed E-state index contributed by atoms with van der Waals surface area (Å²) in [5.41, 5.74) is 2.07. The number of nitrogens with one attached hydrogen (secondary N) is 1. The number of nitrogens with zero attached hydrogens (tertiary/aromatic N) is 3. The van der Waals surface area contributed by atoms with Gasteiger partial charge in [-0.25, -0.2) is 9.07 Å². The molecule has 1 aliphatic heterocycles. The molecule has 1 saturated heterocycles. The van der Waals surface area contributed by atoms with Crippen molar-refractivity contribution >= 4 is 5.91 Å². The fourth-order valence-corrected chi connectivity index (χ4v) is 4.11. The lowest BCUT2D eigenvalue weighted by Gasteiger charge is -2.33. The molecule has 3 aromatic rings. The van der Waals surface area contributed by atoms with E-state index >= 15 is 0 Å². The number of rotatable bonds is 7. The van der Waals surface area contributed by atoms with Crippen LogP contribution in [0.25, 0.3) is 5.69 Å². The van der Waals surface area contributed by atoms with Gasteiger partial charge in [-0.15, -0.1) is 0 Å². The molecule has 4 rings (SSSR count). The molecule has 2 aromatic heterocycles. The summed E-state index contributed by atoms with van der Waals surface area (Å²) in [5, 5.41) is 7.46. The number of hydrogen-bond acceptors (Lipinski definition) is 4. The van der Waals surface area contributed by atoms with Crippen LogP contribution in [0, 0.1) is 5.82 Å². The minimum atomic E-state index is -0.302. The van der Waals surface area contributed by atoms with Crippen molar-refractivity contribution < 1.29 is 13.6 Å². The lowest BCUT2D eigenvalue weighted by Crippen LogP contribution is -2.40. The van der Waals surface area contributed by atoms with Crippen LogP contribution in [-0.2, 0) is 6.42 Å². The third-order valence-electron chi connectivity index (χ3n) is 5.68. The Labute approximate surface area is 175 Å². The monoisotopic (exact) mass is 410 g/mol. The number of amides is 1. The zero-order valence-electron chi connectivity index (χ0n) is 17.2. The van der Waals surface area contributed by atoms with Crippen LogP contribution in [0.5, 0.6) is 0 Å². The Bertz CT molecular complexity index is 960. The predicted molar refractivity (Wildman–Crippen MR) is 112 cm³/mol. The fourth-order valence-electron chi connectivity index (χ4n) is 4.11. The normalized spacial score (nSPS) is 15.8. The number of halogens is 1. The highest BCUT2D eigenvalue weighted by Gasteiger charge is 2.26. The molecule has 0 bridgehead atoms. The minimum Gasteiger partial charge on any atom is -0.468 e. The van der Waals surface area contributed by atoms with E-state index in [4.69, 9.17) is 4.42 Å². The number of likely N-dealkylation sites (tertiary alicyclic amines) is 1. The zero-order valence-corrected chi connectivity index (χ0v) is 17.2. The third-order valence-corrected chi connectivity index (χ3v) is 5.68. The van der Waals surface area contributed by atoms with E-state index in [-0.39, 0.29) is 17.8 Å². The summed E-state index contributed by atoms with van der Waals surface area (Å²) in [7, 11) is 0. The van der Waals surface area contributed by atoms with Crippen molar-refractivity contribution in [3.63, 3.8) is 0 Å². The average molecular weight is 410 g/mol. The fraction of sp³-hybridized carbons (Fsp3) is 0.391. The van der Waals surface area contributed by atoms with E-state index < -0.39 is 0 Å². The Morgan fingerprint density at radius 1 is 1.20 bits per heavy atom. The van der Waals surface area contributed by atoms with Crippen LogP contribution < -0.4 is 5.32 Å². The van der Waals surface area contributed by atoms with Crippen molar-refractivity contribution in [2.45, 2.75) is 38.6 Å². The molecule has 1 aliphatic rings. The first-order valence-electron chi connectivity index (χ1n) is 10.6. The number of benzene rings is 1. The molecular weight excluding hydrogens is 383 g/mol. The third kappa shape index (κ3) is 4.31. The van der Waals surface area contributed by atoms with Crippen LogP contribution in [0.4, 0.5) is 4.39 Å². The largest absolute Gasteiger partial charge is 0.468 e. The molecule has 1 amide bonds. The molecule has 6 nitrogen and oxygen atoms in total. The highest BCUT2D eigenvalue weighted by molar-refractivity contribution is 5.95. The zero-order chi connectivity index (χ0) is 20.9. The highest BCUT2D eigenvalue weighted by Crippen LogP contribution is 2.25. The summed E-state index contributed by atoms with van der Waals surface area (Å²) in [6, 6.07) is 9.97. The summed E-state index contributed by atoms with van der Waals surface area (Å²) >= 11 is 0. The highest BCUT2D eigenvalue weighted by atomic mass is 19.1. The first kappa shape index (κ1) is 20.3. The van der Waals surface area contributed by atoms with E-state index in [2.05, 4.69) is 15.3 Å². The van der Waals surface area contributed by atoms with Crippen LogP contribution in [0.15, 0.2) is 53.3 Å². The standard InChI is InChI=1S/C23H27FN4O2/c1-2-20-19(15-26-28(20)18-10-8-17(24)9-11-18)23(29)25-16-21(22-7-6-14-30-22)27-12-4-3-5-13-27/h6-11,14-15,21H,2-5,12-13,16H2,1H3,(H,25,29). The number of furan rings is 1. The van der Waals surface area contributed by atoms with Gasteiger partial charge in [0.15, 0.2) is 0 Å². The van der Waals surface area contributed by atoms with Gasteiger partial charge in [0, 0.05) is 6.54 Å². The molecule has 0 aliphatic carbocycles. The smallest absolute Gasteiger partial charge is 0.254 e. The molecule has 1 fully saturated rings. The lowest BCUT2D eigenvalue weighted by molar-refractivity contribution is 0.0913. The van der Waals surface area contributed by atoms with E-state index in [0.29, 0.717) is 18.5 Å². The second-order valence-electron chi connectivity index (χ2n) is 7.58. The molecule has 1 unspecified atom stereocenters. The Morgan fingerprint density at radius 3 is 2.63 bits per heavy atom. The SMILES string of the molecule is CCc1c(C(=O)NCC(c2ccco2)N2CCCCC2)cnn1-c1ccc(F)cc1. The summed E-state index contributed by atoms with van der Waals surface area (Å²) in [6.07, 6.45) is 7.46. The second-order valence-corrected chi connectivity index (χ2v) is 7.58. The molecule has 0 radical (unpaired) electrons. The lowest BCUT2D eigenvalue weighted by atomic mass is 10.1.